The van der Waals surface area contributed by atoms with Crippen LogP contribution >= 0.6 is 27.5 Å². The van der Waals surface area contributed by atoms with Gasteiger partial charge >= 0.3 is 10.1 Å². The maximum Gasteiger partial charge on any atom is 0.339 e. The zero-order valence-electron chi connectivity index (χ0n) is 14.3. The largest absolute Gasteiger partial charge is 0.378 e. The predicted molar refractivity (Wildman–Crippen MR) is 112 cm³/mol. The quantitative estimate of drug-likeness (QED) is 0.347. The van der Waals surface area contributed by atoms with E-state index in [1.54, 1.807) is 48.7 Å². The van der Waals surface area contributed by atoms with E-state index in [4.69, 9.17) is 15.8 Å². The van der Waals surface area contributed by atoms with Crippen LogP contribution in [0.2, 0.25) is 5.02 Å². The lowest BCUT2D eigenvalue weighted by molar-refractivity contribution is 0.484. The molecule has 0 saturated heterocycles. The molecule has 0 fully saturated rings. The fourth-order valence-corrected chi connectivity index (χ4v) is 4.00. The van der Waals surface area contributed by atoms with Crippen LogP contribution in [-0.2, 0) is 10.1 Å². The molecule has 0 heterocycles. The van der Waals surface area contributed by atoms with E-state index in [1.807, 2.05) is 19.1 Å². The second-order valence-electron chi connectivity index (χ2n) is 5.73. The van der Waals surface area contributed by atoms with Gasteiger partial charge in [-0.05, 0) is 76.4 Å². The molecule has 0 aliphatic carbocycles. The first-order valence-corrected chi connectivity index (χ1v) is 10.5. The molecule has 0 saturated carbocycles. The summed E-state index contributed by atoms with van der Waals surface area (Å²) in [6.45, 7) is 1.95. The molecule has 138 valence electrons. The summed E-state index contributed by atoms with van der Waals surface area (Å²) in [6, 6.07) is 18.5. The van der Waals surface area contributed by atoms with Gasteiger partial charge in [0.1, 0.15) is 4.90 Å². The first-order valence-electron chi connectivity index (χ1n) is 7.94. The number of hydrogen-bond acceptors (Lipinski definition) is 4. The lowest BCUT2D eigenvalue weighted by Gasteiger charge is -2.09. The highest BCUT2D eigenvalue weighted by molar-refractivity contribution is 9.10. The Balaban J connectivity index is 1.82. The van der Waals surface area contributed by atoms with Gasteiger partial charge in [0.25, 0.3) is 0 Å². The number of halogens is 2. The molecule has 3 aromatic rings. The molecule has 0 N–H and O–H groups in total. The lowest BCUT2D eigenvalue weighted by atomic mass is 10.2. The van der Waals surface area contributed by atoms with Gasteiger partial charge in [0, 0.05) is 11.2 Å². The van der Waals surface area contributed by atoms with E-state index < -0.39 is 10.1 Å². The molecular weight excluding hydrogens is 450 g/mol. The molecule has 0 bridgehead atoms. The molecule has 3 rings (SSSR count). The molecule has 27 heavy (non-hydrogen) atoms. The zero-order chi connectivity index (χ0) is 19.4. The van der Waals surface area contributed by atoms with Gasteiger partial charge in [-0.3, -0.25) is 4.99 Å². The van der Waals surface area contributed by atoms with Crippen molar-refractivity contribution in [2.45, 2.75) is 11.8 Å². The van der Waals surface area contributed by atoms with E-state index in [9.17, 15) is 8.42 Å². The lowest BCUT2D eigenvalue weighted by Crippen LogP contribution is -2.09. The summed E-state index contributed by atoms with van der Waals surface area (Å²) in [6.07, 6.45) is 1.68. The maximum atomic E-state index is 12.3. The zero-order valence-corrected chi connectivity index (χ0v) is 17.4. The number of benzene rings is 3. The summed E-state index contributed by atoms with van der Waals surface area (Å²) in [5, 5.41) is 0.615. The summed E-state index contributed by atoms with van der Waals surface area (Å²) in [5.74, 6) is 0.204. The molecule has 4 nitrogen and oxygen atoms in total. The minimum absolute atomic E-state index is 0.0963. The molecular formula is C20H15BrClNO3S. The fraction of sp³-hybridized carbons (Fsp3) is 0.0500. The Hall–Kier alpha value is -2.15. The maximum absolute atomic E-state index is 12.3. The Morgan fingerprint density at radius 1 is 1.04 bits per heavy atom. The van der Waals surface area contributed by atoms with E-state index in [0.717, 1.165) is 16.8 Å². The van der Waals surface area contributed by atoms with Gasteiger partial charge in [-0.2, -0.15) is 8.42 Å². The van der Waals surface area contributed by atoms with Crippen LogP contribution in [0.3, 0.4) is 0 Å². The molecule has 0 unspecified atom stereocenters. The monoisotopic (exact) mass is 463 g/mol. The van der Waals surface area contributed by atoms with Crippen molar-refractivity contribution in [2.24, 2.45) is 4.99 Å². The van der Waals surface area contributed by atoms with E-state index in [2.05, 4.69) is 20.9 Å². The third-order valence-electron chi connectivity index (χ3n) is 3.71. The summed E-state index contributed by atoms with van der Waals surface area (Å²) < 4.78 is 30.4. The van der Waals surface area contributed by atoms with Gasteiger partial charge in [-0.1, -0.05) is 35.9 Å². The van der Waals surface area contributed by atoms with Crippen molar-refractivity contribution >= 4 is 49.6 Å². The number of aryl methyl sites for hydroxylation is 1. The minimum Gasteiger partial charge on any atom is -0.378 e. The summed E-state index contributed by atoms with van der Waals surface area (Å²) >= 11 is 9.35. The van der Waals surface area contributed by atoms with Crippen LogP contribution in [-0.4, -0.2) is 14.6 Å². The molecule has 7 heteroatoms. The topological polar surface area (TPSA) is 55.7 Å². The first kappa shape index (κ1) is 19.6. The van der Waals surface area contributed by atoms with Crippen molar-refractivity contribution in [3.8, 4) is 5.75 Å². The van der Waals surface area contributed by atoms with E-state index in [0.29, 0.717) is 9.50 Å². The fourth-order valence-electron chi connectivity index (χ4n) is 2.28. The Morgan fingerprint density at radius 2 is 1.78 bits per heavy atom. The Morgan fingerprint density at radius 3 is 2.48 bits per heavy atom. The molecule has 0 radical (unpaired) electrons. The van der Waals surface area contributed by atoms with Crippen molar-refractivity contribution in [1.82, 2.24) is 0 Å². The predicted octanol–water partition coefficient (Wildman–Crippen LogP) is 5.93. The third-order valence-corrected chi connectivity index (χ3v) is 5.81. The minimum atomic E-state index is -3.89. The van der Waals surface area contributed by atoms with Gasteiger partial charge in [0.2, 0.25) is 0 Å². The molecule has 0 aliphatic rings. The first-order chi connectivity index (χ1) is 12.8. The number of rotatable bonds is 5. The normalized spacial score (nSPS) is 11.7. The number of nitrogens with zero attached hydrogens (tertiary/aromatic N) is 1. The summed E-state index contributed by atoms with van der Waals surface area (Å²) in [5.41, 5.74) is 2.56. The molecule has 0 atom stereocenters. The van der Waals surface area contributed by atoms with Crippen LogP contribution < -0.4 is 4.18 Å². The van der Waals surface area contributed by atoms with E-state index >= 15 is 0 Å². The van der Waals surface area contributed by atoms with Crippen LogP contribution in [0.1, 0.15) is 11.1 Å². The molecule has 0 amide bonds. The Labute approximate surface area is 171 Å². The summed E-state index contributed by atoms with van der Waals surface area (Å²) in [7, 11) is -3.89. The van der Waals surface area contributed by atoms with Crippen molar-refractivity contribution in [1.29, 1.82) is 0 Å². The van der Waals surface area contributed by atoms with Crippen LogP contribution in [0.4, 0.5) is 5.69 Å². The van der Waals surface area contributed by atoms with Crippen molar-refractivity contribution in [3.63, 3.8) is 0 Å². The van der Waals surface area contributed by atoms with Crippen molar-refractivity contribution < 1.29 is 12.6 Å². The molecule has 0 aliphatic heterocycles. The van der Waals surface area contributed by atoms with Gasteiger partial charge in [0.05, 0.1) is 10.2 Å². The number of hydrogen-bond donors (Lipinski definition) is 0. The van der Waals surface area contributed by atoms with Crippen LogP contribution in [0.25, 0.3) is 0 Å². The average Bonchev–Trinajstić information content (AvgIpc) is 2.65. The highest BCUT2D eigenvalue weighted by Gasteiger charge is 2.17. The highest BCUT2D eigenvalue weighted by atomic mass is 79.9. The SMILES string of the molecule is Cc1ccc(Cl)cc1N=Cc1ccc(OS(=O)(=O)c2ccccc2)c(Br)c1. The number of aliphatic imine (C=N–C) groups is 1. The van der Waals surface area contributed by atoms with Crippen LogP contribution in [0.15, 0.2) is 81.1 Å². The van der Waals surface area contributed by atoms with Gasteiger partial charge in [-0.15, -0.1) is 0 Å². The molecule has 0 aromatic heterocycles. The second kappa shape index (κ2) is 8.25. The van der Waals surface area contributed by atoms with Crippen LogP contribution in [0.5, 0.6) is 5.75 Å². The van der Waals surface area contributed by atoms with Crippen molar-refractivity contribution in [2.75, 3.05) is 0 Å². The smallest absolute Gasteiger partial charge is 0.339 e. The van der Waals surface area contributed by atoms with E-state index in [1.165, 1.54) is 12.1 Å². The third kappa shape index (κ3) is 4.97. The van der Waals surface area contributed by atoms with Gasteiger partial charge in [0.15, 0.2) is 5.75 Å². The van der Waals surface area contributed by atoms with Gasteiger partial charge < -0.3 is 4.18 Å². The Kier molecular flexibility index (Phi) is 5.99. The summed E-state index contributed by atoms with van der Waals surface area (Å²) in [4.78, 5) is 4.54. The molecule has 3 aromatic carbocycles. The van der Waals surface area contributed by atoms with Gasteiger partial charge in [-0.25, -0.2) is 0 Å². The standard InChI is InChI=1S/C20H15BrClNO3S/c1-14-7-9-16(22)12-19(14)23-13-15-8-10-20(18(21)11-15)26-27(24,25)17-5-3-2-4-6-17/h2-13H,1H3. The average molecular weight is 465 g/mol. The van der Waals surface area contributed by atoms with Crippen LogP contribution in [0, 0.1) is 6.92 Å². The highest BCUT2D eigenvalue weighted by Crippen LogP contribution is 2.29. The Bertz CT molecular complexity index is 1100. The molecule has 0 spiro atoms. The van der Waals surface area contributed by atoms with Crippen molar-refractivity contribution in [3.05, 3.63) is 87.4 Å². The second-order valence-corrected chi connectivity index (χ2v) is 8.57. The van der Waals surface area contributed by atoms with E-state index in [-0.39, 0.29) is 10.6 Å².